The highest BCUT2D eigenvalue weighted by molar-refractivity contribution is 5.88. The van der Waals surface area contributed by atoms with E-state index in [1.165, 1.54) is 18.1 Å². The number of hydrogen-bond acceptors (Lipinski definition) is 2. The fourth-order valence-corrected chi connectivity index (χ4v) is 2.35. The standard InChI is InChI=1S/C19H24N2O/c1-16(22)20-19-10-8-18(9-11-19)13-15-21(2)14-12-17-6-4-3-5-7-17/h3-11H,12-15H2,1-2H3,(H,20,22). The Hall–Kier alpha value is -2.13. The van der Waals surface area contributed by atoms with Gasteiger partial charge >= 0.3 is 0 Å². The zero-order valence-electron chi connectivity index (χ0n) is 13.4. The van der Waals surface area contributed by atoms with E-state index in [-0.39, 0.29) is 5.91 Å². The van der Waals surface area contributed by atoms with Crippen LogP contribution in [0.25, 0.3) is 0 Å². The number of benzene rings is 2. The average molecular weight is 296 g/mol. The van der Waals surface area contributed by atoms with Crippen LogP contribution in [0.2, 0.25) is 0 Å². The van der Waals surface area contributed by atoms with Crippen molar-refractivity contribution in [2.75, 3.05) is 25.5 Å². The fraction of sp³-hybridized carbons (Fsp3) is 0.316. The number of nitrogens with zero attached hydrogens (tertiary/aromatic N) is 1. The summed E-state index contributed by atoms with van der Waals surface area (Å²) in [4.78, 5) is 13.3. The molecule has 22 heavy (non-hydrogen) atoms. The molecule has 0 aromatic heterocycles. The van der Waals surface area contributed by atoms with Gasteiger partial charge in [0, 0.05) is 25.7 Å². The maximum absolute atomic E-state index is 11.0. The number of hydrogen-bond donors (Lipinski definition) is 1. The van der Waals surface area contributed by atoms with E-state index < -0.39 is 0 Å². The molecule has 0 spiro atoms. The van der Waals surface area contributed by atoms with Gasteiger partial charge in [-0.3, -0.25) is 4.79 Å². The molecule has 0 aliphatic heterocycles. The zero-order chi connectivity index (χ0) is 15.8. The summed E-state index contributed by atoms with van der Waals surface area (Å²) in [5, 5.41) is 2.79. The molecule has 0 radical (unpaired) electrons. The second kappa shape index (κ2) is 8.35. The average Bonchev–Trinajstić information content (AvgIpc) is 2.53. The summed E-state index contributed by atoms with van der Waals surface area (Å²) in [7, 11) is 2.16. The number of carbonyl (C=O) groups excluding carboxylic acids is 1. The highest BCUT2D eigenvalue weighted by Gasteiger charge is 2.01. The first-order valence-electron chi connectivity index (χ1n) is 7.72. The molecule has 3 heteroatoms. The quantitative estimate of drug-likeness (QED) is 0.849. The molecule has 0 bridgehead atoms. The van der Waals surface area contributed by atoms with E-state index in [2.05, 4.69) is 59.7 Å². The minimum atomic E-state index is -0.0339. The van der Waals surface area contributed by atoms with Crippen LogP contribution in [0.5, 0.6) is 0 Å². The number of anilines is 1. The predicted molar refractivity (Wildman–Crippen MR) is 92.1 cm³/mol. The maximum atomic E-state index is 11.0. The molecule has 1 amide bonds. The first-order chi connectivity index (χ1) is 10.6. The van der Waals surface area contributed by atoms with Crippen molar-refractivity contribution in [3.63, 3.8) is 0 Å². The molecule has 0 heterocycles. The van der Waals surface area contributed by atoms with Gasteiger partial charge in [0.1, 0.15) is 0 Å². The first kappa shape index (κ1) is 16.2. The molecule has 0 fully saturated rings. The summed E-state index contributed by atoms with van der Waals surface area (Å²) >= 11 is 0. The predicted octanol–water partition coefficient (Wildman–Crippen LogP) is 3.36. The van der Waals surface area contributed by atoms with Gasteiger partial charge in [-0.15, -0.1) is 0 Å². The van der Waals surface area contributed by atoms with Gasteiger partial charge in [-0.1, -0.05) is 42.5 Å². The first-order valence-corrected chi connectivity index (χ1v) is 7.72. The van der Waals surface area contributed by atoms with Crippen LogP contribution in [-0.4, -0.2) is 30.9 Å². The summed E-state index contributed by atoms with van der Waals surface area (Å²) in [6.45, 7) is 3.62. The molecule has 116 valence electrons. The molecular weight excluding hydrogens is 272 g/mol. The molecule has 0 aliphatic carbocycles. The Kier molecular flexibility index (Phi) is 6.16. The molecule has 0 unspecified atom stereocenters. The molecular formula is C19H24N2O. The molecule has 0 saturated heterocycles. The van der Waals surface area contributed by atoms with E-state index in [4.69, 9.17) is 0 Å². The molecule has 0 atom stereocenters. The Morgan fingerprint density at radius 3 is 2.00 bits per heavy atom. The molecule has 3 nitrogen and oxygen atoms in total. The lowest BCUT2D eigenvalue weighted by atomic mass is 10.1. The minimum Gasteiger partial charge on any atom is -0.326 e. The molecule has 2 rings (SSSR count). The second-order valence-corrected chi connectivity index (χ2v) is 5.67. The second-order valence-electron chi connectivity index (χ2n) is 5.67. The Morgan fingerprint density at radius 2 is 1.45 bits per heavy atom. The maximum Gasteiger partial charge on any atom is 0.221 e. The highest BCUT2D eigenvalue weighted by atomic mass is 16.1. The van der Waals surface area contributed by atoms with Crippen LogP contribution < -0.4 is 5.32 Å². The monoisotopic (exact) mass is 296 g/mol. The van der Waals surface area contributed by atoms with Gasteiger partial charge in [0.25, 0.3) is 0 Å². The molecule has 2 aromatic rings. The number of likely N-dealkylation sites (N-methyl/N-ethyl adjacent to an activating group) is 1. The Morgan fingerprint density at radius 1 is 0.909 bits per heavy atom. The van der Waals surface area contributed by atoms with Crippen molar-refractivity contribution >= 4 is 11.6 Å². The fourth-order valence-electron chi connectivity index (χ4n) is 2.35. The van der Waals surface area contributed by atoms with Crippen LogP contribution >= 0.6 is 0 Å². The normalized spacial score (nSPS) is 10.7. The highest BCUT2D eigenvalue weighted by Crippen LogP contribution is 2.10. The molecule has 0 saturated carbocycles. The van der Waals surface area contributed by atoms with E-state index in [1.54, 1.807) is 0 Å². The van der Waals surface area contributed by atoms with Crippen molar-refractivity contribution < 1.29 is 4.79 Å². The van der Waals surface area contributed by atoms with Crippen LogP contribution in [-0.2, 0) is 17.6 Å². The number of amides is 1. The van der Waals surface area contributed by atoms with Gasteiger partial charge in [-0.05, 0) is 43.1 Å². The SMILES string of the molecule is CC(=O)Nc1ccc(CCN(C)CCc2ccccc2)cc1. The number of rotatable bonds is 7. The van der Waals surface area contributed by atoms with Crippen LogP contribution in [0.1, 0.15) is 18.1 Å². The van der Waals surface area contributed by atoms with Crippen LogP contribution in [0, 0.1) is 0 Å². The molecule has 0 aliphatic rings. The summed E-state index contributed by atoms with van der Waals surface area (Å²) in [6.07, 6.45) is 2.10. The van der Waals surface area contributed by atoms with Gasteiger partial charge in [0.05, 0.1) is 0 Å². The van der Waals surface area contributed by atoms with Crippen LogP contribution in [0.3, 0.4) is 0 Å². The number of carbonyl (C=O) groups is 1. The van der Waals surface area contributed by atoms with E-state index in [0.29, 0.717) is 0 Å². The van der Waals surface area contributed by atoms with Crippen molar-refractivity contribution in [2.24, 2.45) is 0 Å². The summed E-state index contributed by atoms with van der Waals surface area (Å²) in [6, 6.07) is 18.7. The molecule has 1 N–H and O–H groups in total. The summed E-state index contributed by atoms with van der Waals surface area (Å²) in [5.74, 6) is -0.0339. The largest absolute Gasteiger partial charge is 0.326 e. The van der Waals surface area contributed by atoms with Gasteiger partial charge in [-0.2, -0.15) is 0 Å². The topological polar surface area (TPSA) is 32.3 Å². The van der Waals surface area contributed by atoms with Crippen molar-refractivity contribution in [3.05, 3.63) is 65.7 Å². The smallest absolute Gasteiger partial charge is 0.221 e. The number of nitrogens with one attached hydrogen (secondary N) is 1. The molecule has 2 aromatic carbocycles. The lowest BCUT2D eigenvalue weighted by Gasteiger charge is -2.16. The lowest BCUT2D eigenvalue weighted by Crippen LogP contribution is -2.23. The van der Waals surface area contributed by atoms with Gasteiger partial charge in [-0.25, -0.2) is 0 Å². The summed E-state index contributed by atoms with van der Waals surface area (Å²) < 4.78 is 0. The van der Waals surface area contributed by atoms with Gasteiger partial charge in [0.2, 0.25) is 5.91 Å². The minimum absolute atomic E-state index is 0.0339. The van der Waals surface area contributed by atoms with Crippen molar-refractivity contribution in [1.29, 1.82) is 0 Å². The Bertz CT molecular complexity index is 578. The lowest BCUT2D eigenvalue weighted by molar-refractivity contribution is -0.114. The third-order valence-corrected chi connectivity index (χ3v) is 3.68. The van der Waals surface area contributed by atoms with Crippen LogP contribution in [0.4, 0.5) is 5.69 Å². The van der Waals surface area contributed by atoms with E-state index in [9.17, 15) is 4.79 Å². The summed E-state index contributed by atoms with van der Waals surface area (Å²) in [5.41, 5.74) is 3.53. The van der Waals surface area contributed by atoms with Crippen molar-refractivity contribution in [2.45, 2.75) is 19.8 Å². The van der Waals surface area contributed by atoms with Gasteiger partial charge < -0.3 is 10.2 Å². The zero-order valence-corrected chi connectivity index (χ0v) is 13.4. The van der Waals surface area contributed by atoms with E-state index in [1.807, 2.05) is 12.1 Å². The van der Waals surface area contributed by atoms with Crippen LogP contribution in [0.15, 0.2) is 54.6 Å². The van der Waals surface area contributed by atoms with Crippen molar-refractivity contribution in [3.8, 4) is 0 Å². The Labute approximate surface area is 133 Å². The van der Waals surface area contributed by atoms with E-state index in [0.717, 1.165) is 31.6 Å². The van der Waals surface area contributed by atoms with E-state index >= 15 is 0 Å². The third-order valence-electron chi connectivity index (χ3n) is 3.68. The third kappa shape index (κ3) is 5.70. The Balaban J connectivity index is 1.73. The van der Waals surface area contributed by atoms with Crippen molar-refractivity contribution in [1.82, 2.24) is 4.90 Å². The van der Waals surface area contributed by atoms with Gasteiger partial charge in [0.15, 0.2) is 0 Å².